The van der Waals surface area contributed by atoms with E-state index in [4.69, 9.17) is 4.74 Å². The Kier molecular flexibility index (Phi) is 8.65. The molecule has 0 bridgehead atoms. The van der Waals surface area contributed by atoms with Gasteiger partial charge in [0.2, 0.25) is 5.60 Å². The van der Waals surface area contributed by atoms with Crippen LogP contribution in [0.4, 0.5) is 18.9 Å². The summed E-state index contributed by atoms with van der Waals surface area (Å²) in [6.45, 7) is 3.12. The van der Waals surface area contributed by atoms with Gasteiger partial charge < -0.3 is 19.5 Å². The number of aliphatic hydroxyl groups is 1. The van der Waals surface area contributed by atoms with Crippen LogP contribution in [0.3, 0.4) is 0 Å². The zero-order valence-electron chi connectivity index (χ0n) is 24.8. The van der Waals surface area contributed by atoms with Crippen LogP contribution >= 0.6 is 0 Å². The molecule has 2 N–H and O–H groups in total. The predicted molar refractivity (Wildman–Crippen MR) is 161 cm³/mol. The molecule has 0 aliphatic carbocycles. The number of halogens is 3. The molecule has 1 aromatic heterocycles. The minimum atomic E-state index is -5.04. The lowest BCUT2D eigenvalue weighted by Gasteiger charge is -2.39. The highest BCUT2D eigenvalue weighted by atomic mass is 19.4. The van der Waals surface area contributed by atoms with Crippen molar-refractivity contribution in [3.63, 3.8) is 0 Å². The average molecular weight is 626 g/mol. The number of piperidine rings is 1. The van der Waals surface area contributed by atoms with Gasteiger partial charge in [-0.3, -0.25) is 19.8 Å². The molecule has 4 aromatic rings. The molecule has 9 nitrogen and oxygen atoms in total. The molecule has 1 saturated heterocycles. The molecule has 2 heterocycles. The highest BCUT2D eigenvalue weighted by Crippen LogP contribution is 2.44. The highest BCUT2D eigenvalue weighted by molar-refractivity contribution is 5.87. The maximum absolute atomic E-state index is 14.8. The number of β-amino-alcohol motifs (C(OH)–C–C–N with tert-alkyl or cyclic N) is 1. The standard InChI is InChI=1S/C33H34F3N3O6/c1-31(2,30(40)41)23-8-11-25(12-9-23)45-26-14-16-37(17-15-26)21-32(42,33(34,35)36)28-20-38(19-22-6-4-3-5-7-22)29-18-24(39(43)44)10-13-27(28)29/h3-13,18,20,26,42H,14-17,19,21H2,1-2H3,(H,40,41). The number of nitro groups is 1. The summed E-state index contributed by atoms with van der Waals surface area (Å²) in [5.74, 6) is -0.421. The second-order valence-corrected chi connectivity index (χ2v) is 12.0. The van der Waals surface area contributed by atoms with E-state index >= 15 is 0 Å². The van der Waals surface area contributed by atoms with E-state index in [1.54, 1.807) is 67.3 Å². The zero-order valence-corrected chi connectivity index (χ0v) is 24.8. The van der Waals surface area contributed by atoms with Crippen LogP contribution in [0.5, 0.6) is 5.75 Å². The van der Waals surface area contributed by atoms with Crippen molar-refractivity contribution in [1.82, 2.24) is 9.47 Å². The van der Waals surface area contributed by atoms with Crippen molar-refractivity contribution in [2.45, 2.75) is 56.5 Å². The number of non-ortho nitro benzene ring substituents is 1. The molecule has 1 atom stereocenters. The summed E-state index contributed by atoms with van der Waals surface area (Å²) < 4.78 is 51.9. The Morgan fingerprint density at radius 3 is 2.24 bits per heavy atom. The van der Waals surface area contributed by atoms with E-state index in [0.29, 0.717) is 24.2 Å². The van der Waals surface area contributed by atoms with Crippen molar-refractivity contribution in [3.05, 3.63) is 106 Å². The molecule has 1 fully saturated rings. The lowest BCUT2D eigenvalue weighted by molar-refractivity contribution is -0.384. The smallest absolute Gasteiger partial charge is 0.422 e. The molecule has 1 aliphatic rings. The lowest BCUT2D eigenvalue weighted by atomic mass is 9.85. The first-order chi connectivity index (χ1) is 21.2. The number of aliphatic carboxylic acids is 1. The number of carbonyl (C=O) groups is 1. The van der Waals surface area contributed by atoms with E-state index in [0.717, 1.165) is 11.6 Å². The van der Waals surface area contributed by atoms with Gasteiger partial charge in [0, 0.05) is 55.5 Å². The zero-order chi connectivity index (χ0) is 32.6. The first-order valence-corrected chi connectivity index (χ1v) is 14.5. The van der Waals surface area contributed by atoms with Crippen LogP contribution in [0.15, 0.2) is 79.0 Å². The lowest BCUT2D eigenvalue weighted by Crippen LogP contribution is -2.53. The normalized spacial score (nSPS) is 16.4. The van der Waals surface area contributed by atoms with E-state index in [1.165, 1.54) is 22.9 Å². The first kappa shape index (κ1) is 32.0. The average Bonchev–Trinajstić information content (AvgIpc) is 3.36. The van der Waals surface area contributed by atoms with E-state index < -0.39 is 34.6 Å². The molecule has 1 unspecified atom stereocenters. The predicted octanol–water partition coefficient (Wildman–Crippen LogP) is 6.25. The second-order valence-electron chi connectivity index (χ2n) is 12.0. The molecular weight excluding hydrogens is 591 g/mol. The number of carboxylic acid groups (broad SMARTS) is 1. The molecule has 0 saturated carbocycles. The number of benzene rings is 3. The quantitative estimate of drug-likeness (QED) is 0.158. The van der Waals surface area contributed by atoms with Gasteiger partial charge in [0.25, 0.3) is 5.69 Å². The number of ether oxygens (including phenoxy) is 1. The van der Waals surface area contributed by atoms with Crippen LogP contribution in [0.1, 0.15) is 43.4 Å². The fraction of sp³-hybridized carbons (Fsp3) is 0.364. The molecule has 238 valence electrons. The van der Waals surface area contributed by atoms with E-state index in [1.807, 2.05) is 6.07 Å². The van der Waals surface area contributed by atoms with Gasteiger partial charge in [0.15, 0.2) is 0 Å². The van der Waals surface area contributed by atoms with E-state index in [-0.39, 0.29) is 47.9 Å². The fourth-order valence-corrected chi connectivity index (χ4v) is 5.74. The van der Waals surface area contributed by atoms with Crippen LogP contribution in [0.2, 0.25) is 0 Å². The van der Waals surface area contributed by atoms with Gasteiger partial charge in [0.1, 0.15) is 11.9 Å². The van der Waals surface area contributed by atoms with Crippen LogP contribution in [0, 0.1) is 10.1 Å². The molecule has 0 spiro atoms. The number of alkyl halides is 3. The summed E-state index contributed by atoms with van der Waals surface area (Å²) in [6.07, 6.45) is -3.23. The summed E-state index contributed by atoms with van der Waals surface area (Å²) in [5.41, 5.74) is -3.33. The Hall–Kier alpha value is -4.42. The third-order valence-corrected chi connectivity index (χ3v) is 8.59. The largest absolute Gasteiger partial charge is 0.490 e. The number of likely N-dealkylation sites (tertiary alicyclic amines) is 1. The Morgan fingerprint density at radius 1 is 1.02 bits per heavy atom. The number of rotatable bonds is 10. The second kappa shape index (κ2) is 12.2. The number of hydrogen-bond acceptors (Lipinski definition) is 6. The maximum Gasteiger partial charge on any atom is 0.422 e. The van der Waals surface area contributed by atoms with Crippen LogP contribution < -0.4 is 4.74 Å². The Labute approximate surface area is 257 Å². The van der Waals surface area contributed by atoms with E-state index in [2.05, 4.69) is 0 Å². The molecule has 1 aliphatic heterocycles. The summed E-state index contributed by atoms with van der Waals surface area (Å²) in [5, 5.41) is 32.5. The number of hydrogen-bond donors (Lipinski definition) is 2. The van der Waals surface area contributed by atoms with Crippen LogP contribution in [0.25, 0.3) is 10.9 Å². The highest BCUT2D eigenvalue weighted by Gasteiger charge is 2.57. The Balaban J connectivity index is 1.36. The van der Waals surface area contributed by atoms with Gasteiger partial charge in [0.05, 0.1) is 15.9 Å². The van der Waals surface area contributed by atoms with Gasteiger partial charge in [-0.1, -0.05) is 42.5 Å². The maximum atomic E-state index is 14.8. The summed E-state index contributed by atoms with van der Waals surface area (Å²) in [7, 11) is 0. The third-order valence-electron chi connectivity index (χ3n) is 8.59. The summed E-state index contributed by atoms with van der Waals surface area (Å²) >= 11 is 0. The van der Waals surface area contributed by atoms with Crippen molar-refractivity contribution >= 4 is 22.6 Å². The molecule has 3 aromatic carbocycles. The first-order valence-electron chi connectivity index (χ1n) is 14.5. The van der Waals surface area contributed by atoms with Crippen molar-refractivity contribution in [1.29, 1.82) is 0 Å². The molecule has 5 rings (SSSR count). The monoisotopic (exact) mass is 625 g/mol. The molecular formula is C33H34F3N3O6. The van der Waals surface area contributed by atoms with Gasteiger partial charge in [-0.15, -0.1) is 0 Å². The summed E-state index contributed by atoms with van der Waals surface area (Å²) in [4.78, 5) is 24.0. The number of nitrogens with zero attached hydrogens (tertiary/aromatic N) is 3. The van der Waals surface area contributed by atoms with Gasteiger partial charge >= 0.3 is 12.1 Å². The van der Waals surface area contributed by atoms with Crippen molar-refractivity contribution in [2.24, 2.45) is 0 Å². The Morgan fingerprint density at radius 2 is 1.67 bits per heavy atom. The minimum absolute atomic E-state index is 0.0871. The number of fused-ring (bicyclic) bond motifs is 1. The number of aromatic nitrogens is 1. The van der Waals surface area contributed by atoms with Crippen molar-refractivity contribution in [2.75, 3.05) is 19.6 Å². The topological polar surface area (TPSA) is 118 Å². The third kappa shape index (κ3) is 6.52. The fourth-order valence-electron chi connectivity index (χ4n) is 5.74. The van der Waals surface area contributed by atoms with Crippen LogP contribution in [-0.2, 0) is 22.4 Å². The SMILES string of the molecule is CC(C)(C(=O)O)c1ccc(OC2CCN(CC(O)(c3cn(Cc4ccccc4)c4cc([N+](=O)[O-])ccc34)C(F)(F)F)CC2)cc1. The van der Waals surface area contributed by atoms with Crippen molar-refractivity contribution < 1.29 is 37.8 Å². The van der Waals surface area contributed by atoms with Gasteiger partial charge in [-0.25, -0.2) is 0 Å². The summed E-state index contributed by atoms with van der Waals surface area (Å²) in [6, 6.07) is 19.4. The van der Waals surface area contributed by atoms with Crippen molar-refractivity contribution in [3.8, 4) is 5.75 Å². The molecule has 45 heavy (non-hydrogen) atoms. The number of carboxylic acids is 1. The van der Waals surface area contributed by atoms with E-state index in [9.17, 15) is 38.3 Å². The van der Waals surface area contributed by atoms with Crippen LogP contribution in [-0.4, -0.2) is 62.5 Å². The van der Waals surface area contributed by atoms with Gasteiger partial charge in [-0.05, 0) is 56.0 Å². The minimum Gasteiger partial charge on any atom is -0.490 e. The van der Waals surface area contributed by atoms with Gasteiger partial charge in [-0.2, -0.15) is 13.2 Å². The Bertz CT molecular complexity index is 1680. The molecule has 0 amide bonds. The molecule has 0 radical (unpaired) electrons. The number of nitro benzene ring substituents is 1. The molecule has 12 heteroatoms.